The number of halogens is 2. The van der Waals surface area contributed by atoms with Gasteiger partial charge in [0.05, 0.1) is 12.1 Å². The summed E-state index contributed by atoms with van der Waals surface area (Å²) in [5, 5.41) is 9.08. The number of nitrogens with zero attached hydrogens (tertiary/aromatic N) is 4. The quantitative estimate of drug-likeness (QED) is 0.729. The Morgan fingerprint density at radius 1 is 1.33 bits per heavy atom. The van der Waals surface area contributed by atoms with Gasteiger partial charge in [0.25, 0.3) is 17.5 Å². The van der Waals surface area contributed by atoms with Crippen LogP contribution in [-0.4, -0.2) is 45.7 Å². The van der Waals surface area contributed by atoms with Crippen LogP contribution in [0.2, 0.25) is 0 Å². The van der Waals surface area contributed by atoms with E-state index in [4.69, 9.17) is 10.00 Å². The highest BCUT2D eigenvalue weighted by Crippen LogP contribution is 2.30. The zero-order valence-corrected chi connectivity index (χ0v) is 15.0. The van der Waals surface area contributed by atoms with Gasteiger partial charge < -0.3 is 9.64 Å². The van der Waals surface area contributed by atoms with Gasteiger partial charge in [-0.25, -0.2) is 9.97 Å². The Hall–Kier alpha value is -2.73. The monoisotopic (exact) mass is 390 g/mol. The van der Waals surface area contributed by atoms with Crippen molar-refractivity contribution < 1.29 is 18.3 Å². The van der Waals surface area contributed by atoms with Crippen molar-refractivity contribution in [3.05, 3.63) is 47.9 Å². The molecule has 0 N–H and O–H groups in total. The molecule has 3 rings (SSSR count). The first-order valence-corrected chi connectivity index (χ1v) is 9.17. The maximum atomic E-state index is 12.9. The van der Waals surface area contributed by atoms with Crippen molar-refractivity contribution in [3.63, 3.8) is 0 Å². The van der Waals surface area contributed by atoms with E-state index >= 15 is 0 Å². The van der Waals surface area contributed by atoms with E-state index in [0.29, 0.717) is 31.1 Å². The minimum atomic E-state index is -2.60. The first-order valence-electron chi connectivity index (χ1n) is 8.29. The van der Waals surface area contributed by atoms with Crippen LogP contribution in [-0.2, 0) is 0 Å². The van der Waals surface area contributed by atoms with E-state index in [1.807, 2.05) is 6.07 Å². The SMILES string of the molecule is N#Cc1nccnc1OC1CCCN(C(=O)c2ccccc2SC(F)F)C1. The number of thioether (sulfide) groups is 1. The molecule has 1 aromatic heterocycles. The maximum absolute atomic E-state index is 12.9. The van der Waals surface area contributed by atoms with E-state index in [2.05, 4.69) is 9.97 Å². The van der Waals surface area contributed by atoms with Crippen molar-refractivity contribution in [2.45, 2.75) is 29.6 Å². The third-order valence-corrected chi connectivity index (χ3v) is 4.84. The number of alkyl halides is 2. The van der Waals surface area contributed by atoms with Gasteiger partial charge in [-0.3, -0.25) is 4.79 Å². The summed E-state index contributed by atoms with van der Waals surface area (Å²) >= 11 is 0.359. The average molecular weight is 390 g/mol. The fourth-order valence-corrected chi connectivity index (χ4v) is 3.51. The largest absolute Gasteiger partial charge is 0.470 e. The van der Waals surface area contributed by atoms with Gasteiger partial charge in [-0.2, -0.15) is 14.0 Å². The summed E-state index contributed by atoms with van der Waals surface area (Å²) in [5.74, 6) is -2.78. The zero-order valence-electron chi connectivity index (χ0n) is 14.2. The topological polar surface area (TPSA) is 79.1 Å². The van der Waals surface area contributed by atoms with Crippen LogP contribution >= 0.6 is 11.8 Å². The van der Waals surface area contributed by atoms with Crippen LogP contribution in [0.3, 0.4) is 0 Å². The van der Waals surface area contributed by atoms with Gasteiger partial charge in [0.15, 0.2) is 0 Å². The molecule has 0 bridgehead atoms. The summed E-state index contributed by atoms with van der Waals surface area (Å²) in [4.78, 5) is 22.6. The molecule has 1 aliphatic rings. The molecule has 1 saturated heterocycles. The standard InChI is InChI=1S/C18H16F2N4O2S/c19-18(20)27-15-6-2-1-5-13(15)17(25)24-9-3-4-12(11-24)26-16-14(10-21)22-7-8-23-16/h1-2,5-8,12,18H,3-4,9,11H2. The second-order valence-electron chi connectivity index (χ2n) is 5.83. The van der Waals surface area contributed by atoms with Crippen LogP contribution < -0.4 is 4.74 Å². The smallest absolute Gasteiger partial charge is 0.288 e. The van der Waals surface area contributed by atoms with Crippen molar-refractivity contribution in [1.29, 1.82) is 5.26 Å². The molecule has 0 aliphatic carbocycles. The number of hydrogen-bond acceptors (Lipinski definition) is 6. The molecule has 1 aromatic carbocycles. The van der Waals surface area contributed by atoms with Gasteiger partial charge in [0.2, 0.25) is 5.69 Å². The summed E-state index contributed by atoms with van der Waals surface area (Å²) in [7, 11) is 0. The number of carbonyl (C=O) groups excluding carboxylic acids is 1. The number of amides is 1. The first kappa shape index (κ1) is 19.0. The lowest BCUT2D eigenvalue weighted by Gasteiger charge is -2.33. The van der Waals surface area contributed by atoms with Crippen molar-refractivity contribution in [1.82, 2.24) is 14.9 Å². The molecule has 0 spiro atoms. The molecular formula is C18H16F2N4O2S. The number of likely N-dealkylation sites (tertiary alicyclic amines) is 1. The van der Waals surface area contributed by atoms with Crippen molar-refractivity contribution in [2.24, 2.45) is 0 Å². The second kappa shape index (κ2) is 8.77. The lowest BCUT2D eigenvalue weighted by molar-refractivity contribution is 0.0523. The van der Waals surface area contributed by atoms with Gasteiger partial charge in [0, 0.05) is 23.8 Å². The second-order valence-corrected chi connectivity index (χ2v) is 6.86. The van der Waals surface area contributed by atoms with E-state index in [1.165, 1.54) is 18.5 Å². The fourth-order valence-electron chi connectivity index (χ4n) is 2.88. The molecule has 1 aliphatic heterocycles. The predicted molar refractivity (Wildman–Crippen MR) is 94.6 cm³/mol. The minimum absolute atomic E-state index is 0.0830. The molecule has 1 unspecified atom stereocenters. The molecule has 9 heteroatoms. The average Bonchev–Trinajstić information content (AvgIpc) is 2.68. The molecule has 1 amide bonds. The number of ether oxygens (including phenoxy) is 1. The molecule has 0 radical (unpaired) electrons. The number of rotatable bonds is 5. The minimum Gasteiger partial charge on any atom is -0.470 e. The summed E-state index contributed by atoms with van der Waals surface area (Å²) in [6, 6.07) is 8.26. The molecule has 2 heterocycles. The van der Waals surface area contributed by atoms with Gasteiger partial charge in [-0.1, -0.05) is 23.9 Å². The Bertz CT molecular complexity index is 859. The Balaban J connectivity index is 1.73. The van der Waals surface area contributed by atoms with E-state index in [9.17, 15) is 13.6 Å². The van der Waals surface area contributed by atoms with Crippen LogP contribution in [0.4, 0.5) is 8.78 Å². The van der Waals surface area contributed by atoms with Gasteiger partial charge in [-0.05, 0) is 25.0 Å². The van der Waals surface area contributed by atoms with Crippen LogP contribution in [0.25, 0.3) is 0 Å². The van der Waals surface area contributed by atoms with E-state index in [0.717, 1.165) is 0 Å². The number of aromatic nitrogens is 2. The first-order chi connectivity index (χ1) is 13.1. The van der Waals surface area contributed by atoms with Crippen LogP contribution in [0.5, 0.6) is 5.88 Å². The molecule has 27 heavy (non-hydrogen) atoms. The summed E-state index contributed by atoms with van der Waals surface area (Å²) in [6.45, 7) is 0.798. The molecular weight excluding hydrogens is 374 g/mol. The Morgan fingerprint density at radius 2 is 2.11 bits per heavy atom. The Morgan fingerprint density at radius 3 is 2.89 bits per heavy atom. The van der Waals surface area contributed by atoms with Crippen LogP contribution in [0, 0.1) is 11.3 Å². The number of hydrogen-bond donors (Lipinski definition) is 0. The Kier molecular flexibility index (Phi) is 6.19. The van der Waals surface area contributed by atoms with Crippen LogP contribution in [0.15, 0.2) is 41.6 Å². The van der Waals surface area contributed by atoms with E-state index in [1.54, 1.807) is 23.1 Å². The van der Waals surface area contributed by atoms with Gasteiger partial charge in [0.1, 0.15) is 12.2 Å². The van der Waals surface area contributed by atoms with Gasteiger partial charge >= 0.3 is 0 Å². The molecule has 1 fully saturated rings. The molecule has 0 saturated carbocycles. The Labute approximate surface area is 159 Å². The lowest BCUT2D eigenvalue weighted by Crippen LogP contribution is -2.44. The number of piperidine rings is 1. The van der Waals surface area contributed by atoms with E-state index in [-0.39, 0.29) is 40.6 Å². The highest BCUT2D eigenvalue weighted by Gasteiger charge is 2.28. The normalized spacial score (nSPS) is 16.8. The van der Waals surface area contributed by atoms with Crippen molar-refractivity contribution in [3.8, 4) is 11.9 Å². The summed E-state index contributed by atoms with van der Waals surface area (Å²) < 4.78 is 31.3. The predicted octanol–water partition coefficient (Wildman–Crippen LogP) is 3.35. The van der Waals surface area contributed by atoms with Gasteiger partial charge in [-0.15, -0.1) is 0 Å². The maximum Gasteiger partial charge on any atom is 0.288 e. The highest BCUT2D eigenvalue weighted by molar-refractivity contribution is 7.99. The molecule has 2 aromatic rings. The van der Waals surface area contributed by atoms with Crippen molar-refractivity contribution in [2.75, 3.05) is 13.1 Å². The summed E-state index contributed by atoms with van der Waals surface area (Å²) in [5.41, 5.74) is 0.334. The summed E-state index contributed by atoms with van der Waals surface area (Å²) in [6.07, 6.45) is 3.88. The molecule has 140 valence electrons. The number of benzene rings is 1. The number of carbonyl (C=O) groups is 1. The fraction of sp³-hybridized carbons (Fsp3) is 0.333. The number of nitriles is 1. The van der Waals surface area contributed by atoms with Crippen LogP contribution in [0.1, 0.15) is 28.9 Å². The van der Waals surface area contributed by atoms with Crippen molar-refractivity contribution >= 4 is 17.7 Å². The molecule has 1 atom stereocenters. The highest BCUT2D eigenvalue weighted by atomic mass is 32.2. The zero-order chi connectivity index (χ0) is 19.2. The third-order valence-electron chi connectivity index (χ3n) is 4.05. The lowest BCUT2D eigenvalue weighted by atomic mass is 10.1. The third kappa shape index (κ3) is 4.71. The van der Waals surface area contributed by atoms with E-state index < -0.39 is 5.76 Å². The molecule has 6 nitrogen and oxygen atoms in total.